The average Bonchev–Trinajstić information content (AvgIpc) is 3.35. The summed E-state index contributed by atoms with van der Waals surface area (Å²) >= 11 is 0. The van der Waals surface area contributed by atoms with E-state index in [1.165, 1.54) is 27.7 Å². The summed E-state index contributed by atoms with van der Waals surface area (Å²) in [5, 5.41) is 31.8. The summed E-state index contributed by atoms with van der Waals surface area (Å²) in [4.78, 5) is 29.8. The molecular formula is C25H27N3O6. The molecule has 0 fully saturated rings. The zero-order valence-corrected chi connectivity index (χ0v) is 18.7. The van der Waals surface area contributed by atoms with Gasteiger partial charge in [0.1, 0.15) is 0 Å². The SMILES string of the molecule is Cn1c2c(c3cc(CNC(=O)O)ccc31)CCC2NCc1ccccc1.O=C(O)/C=C\C(=O)O. The van der Waals surface area contributed by atoms with E-state index in [2.05, 4.69) is 58.6 Å². The fourth-order valence-corrected chi connectivity index (χ4v) is 4.19. The van der Waals surface area contributed by atoms with E-state index in [-0.39, 0.29) is 0 Å². The summed E-state index contributed by atoms with van der Waals surface area (Å²) in [5.74, 6) is -2.51. The standard InChI is InChI=1S/C21H23N3O2.C4H4O4/c1-24-19-10-7-15(13-23-21(25)26)11-17(19)16-8-9-18(20(16)24)22-12-14-5-3-2-4-6-14;5-3(6)1-2-4(7)8/h2-7,10-11,18,22-23H,8-9,12-13H2,1H3,(H,25,26);1-2H,(H,5,6)(H,7,8)/b;2-1-. The van der Waals surface area contributed by atoms with Crippen LogP contribution in [0.5, 0.6) is 0 Å². The third kappa shape index (κ3) is 6.23. The largest absolute Gasteiger partial charge is 0.478 e. The van der Waals surface area contributed by atoms with Crippen molar-refractivity contribution in [1.29, 1.82) is 0 Å². The highest BCUT2D eigenvalue weighted by Crippen LogP contribution is 2.38. The molecule has 34 heavy (non-hydrogen) atoms. The number of fused-ring (bicyclic) bond motifs is 3. The maximum absolute atomic E-state index is 10.7. The van der Waals surface area contributed by atoms with E-state index in [1.807, 2.05) is 12.1 Å². The summed E-state index contributed by atoms with van der Waals surface area (Å²) in [7, 11) is 2.12. The molecule has 0 saturated heterocycles. The van der Waals surface area contributed by atoms with Crippen molar-refractivity contribution in [3.8, 4) is 0 Å². The average molecular weight is 466 g/mol. The number of aryl methyl sites for hydroxylation is 2. The Balaban J connectivity index is 0.000000350. The first kappa shape index (κ1) is 24.5. The number of benzene rings is 2. The zero-order valence-electron chi connectivity index (χ0n) is 18.7. The van der Waals surface area contributed by atoms with Crippen LogP contribution in [0.25, 0.3) is 10.9 Å². The predicted molar refractivity (Wildman–Crippen MR) is 127 cm³/mol. The van der Waals surface area contributed by atoms with Gasteiger partial charge in [0, 0.05) is 54.9 Å². The molecule has 1 amide bonds. The quantitative estimate of drug-likeness (QED) is 0.337. The first-order valence-electron chi connectivity index (χ1n) is 10.7. The molecule has 1 unspecified atom stereocenters. The van der Waals surface area contributed by atoms with Gasteiger partial charge in [-0.25, -0.2) is 14.4 Å². The Kier molecular flexibility index (Phi) is 8.05. The second-order valence-electron chi connectivity index (χ2n) is 7.90. The van der Waals surface area contributed by atoms with E-state index < -0.39 is 18.0 Å². The van der Waals surface area contributed by atoms with Gasteiger partial charge in [-0.1, -0.05) is 36.4 Å². The number of rotatable bonds is 7. The molecule has 0 spiro atoms. The predicted octanol–water partition coefficient (Wildman–Crippen LogP) is 3.43. The minimum absolute atomic E-state index is 0.338. The number of amides is 1. The van der Waals surface area contributed by atoms with Gasteiger partial charge in [-0.2, -0.15) is 0 Å². The van der Waals surface area contributed by atoms with Crippen LogP contribution in [0.15, 0.2) is 60.7 Å². The third-order valence-electron chi connectivity index (χ3n) is 5.64. The maximum atomic E-state index is 10.7. The van der Waals surface area contributed by atoms with E-state index in [9.17, 15) is 14.4 Å². The molecule has 4 rings (SSSR count). The highest BCUT2D eigenvalue weighted by molar-refractivity contribution is 5.89. The molecule has 2 aromatic carbocycles. The first-order valence-corrected chi connectivity index (χ1v) is 10.7. The van der Waals surface area contributed by atoms with Crippen molar-refractivity contribution in [3.63, 3.8) is 0 Å². The lowest BCUT2D eigenvalue weighted by molar-refractivity contribution is -0.134. The molecule has 0 radical (unpaired) electrons. The first-order chi connectivity index (χ1) is 16.3. The van der Waals surface area contributed by atoms with Crippen LogP contribution in [0.2, 0.25) is 0 Å². The molecule has 5 N–H and O–H groups in total. The molecule has 1 heterocycles. The van der Waals surface area contributed by atoms with Crippen molar-refractivity contribution >= 4 is 28.9 Å². The van der Waals surface area contributed by atoms with Gasteiger partial charge in [-0.15, -0.1) is 0 Å². The summed E-state index contributed by atoms with van der Waals surface area (Å²) < 4.78 is 2.29. The Bertz CT molecular complexity index is 1200. The Morgan fingerprint density at radius 1 is 0.971 bits per heavy atom. The summed E-state index contributed by atoms with van der Waals surface area (Å²) in [6.07, 6.45) is 2.27. The smallest absolute Gasteiger partial charge is 0.404 e. The van der Waals surface area contributed by atoms with Crippen LogP contribution >= 0.6 is 0 Å². The number of aliphatic carboxylic acids is 2. The summed E-state index contributed by atoms with van der Waals surface area (Å²) in [6, 6.07) is 17.0. The molecule has 0 saturated carbocycles. The van der Waals surface area contributed by atoms with Crippen LogP contribution in [0.1, 0.15) is 34.8 Å². The number of hydrogen-bond acceptors (Lipinski definition) is 4. The minimum atomic E-state index is -1.26. The third-order valence-corrected chi connectivity index (χ3v) is 5.64. The van der Waals surface area contributed by atoms with E-state index in [0.717, 1.165) is 24.9 Å². The summed E-state index contributed by atoms with van der Waals surface area (Å²) in [6.45, 7) is 1.20. The lowest BCUT2D eigenvalue weighted by Crippen LogP contribution is -2.20. The molecule has 3 aromatic rings. The normalized spacial score (nSPS) is 14.4. The lowest BCUT2D eigenvalue weighted by atomic mass is 10.1. The van der Waals surface area contributed by atoms with Gasteiger partial charge in [-0.05, 0) is 41.7 Å². The van der Waals surface area contributed by atoms with Crippen LogP contribution in [0.3, 0.4) is 0 Å². The second-order valence-corrected chi connectivity index (χ2v) is 7.90. The highest BCUT2D eigenvalue weighted by atomic mass is 16.4. The topological polar surface area (TPSA) is 141 Å². The molecule has 0 aliphatic heterocycles. The molecule has 9 heteroatoms. The molecule has 1 aliphatic carbocycles. The van der Waals surface area contributed by atoms with Crippen LogP contribution in [0, 0.1) is 0 Å². The van der Waals surface area contributed by atoms with Gasteiger partial charge < -0.3 is 30.5 Å². The van der Waals surface area contributed by atoms with Gasteiger partial charge in [0.15, 0.2) is 0 Å². The van der Waals surface area contributed by atoms with Crippen LogP contribution in [0.4, 0.5) is 4.79 Å². The van der Waals surface area contributed by atoms with E-state index in [0.29, 0.717) is 24.7 Å². The molecule has 178 valence electrons. The van der Waals surface area contributed by atoms with Crippen LogP contribution < -0.4 is 10.6 Å². The van der Waals surface area contributed by atoms with E-state index in [1.54, 1.807) is 0 Å². The highest BCUT2D eigenvalue weighted by Gasteiger charge is 2.28. The number of nitrogens with one attached hydrogen (secondary N) is 2. The van der Waals surface area contributed by atoms with Gasteiger partial charge in [-0.3, -0.25) is 0 Å². The zero-order chi connectivity index (χ0) is 24.7. The van der Waals surface area contributed by atoms with Crippen LogP contribution in [-0.4, -0.2) is 37.9 Å². The number of carboxylic acid groups (broad SMARTS) is 3. The van der Waals surface area contributed by atoms with Gasteiger partial charge in [0.25, 0.3) is 0 Å². The van der Waals surface area contributed by atoms with E-state index >= 15 is 0 Å². The monoisotopic (exact) mass is 465 g/mol. The van der Waals surface area contributed by atoms with Gasteiger partial charge in [0.05, 0.1) is 0 Å². The van der Waals surface area contributed by atoms with Crippen molar-refractivity contribution in [2.24, 2.45) is 7.05 Å². The van der Waals surface area contributed by atoms with Crippen molar-refractivity contribution in [2.75, 3.05) is 0 Å². The molecule has 1 atom stereocenters. The van der Waals surface area contributed by atoms with Crippen molar-refractivity contribution < 1.29 is 29.7 Å². The Labute approximate surface area is 196 Å². The number of hydrogen-bond donors (Lipinski definition) is 5. The molecule has 9 nitrogen and oxygen atoms in total. The molecule has 1 aromatic heterocycles. The number of nitrogens with zero attached hydrogens (tertiary/aromatic N) is 1. The summed E-state index contributed by atoms with van der Waals surface area (Å²) in [5.41, 5.74) is 6.25. The minimum Gasteiger partial charge on any atom is -0.478 e. The maximum Gasteiger partial charge on any atom is 0.404 e. The Morgan fingerprint density at radius 2 is 1.65 bits per heavy atom. The fourth-order valence-electron chi connectivity index (χ4n) is 4.19. The fraction of sp³-hybridized carbons (Fsp3) is 0.240. The van der Waals surface area contributed by atoms with Gasteiger partial charge in [0.2, 0.25) is 0 Å². The number of carboxylic acids is 2. The molecular weight excluding hydrogens is 438 g/mol. The molecule has 1 aliphatic rings. The number of aromatic nitrogens is 1. The van der Waals surface area contributed by atoms with Crippen molar-refractivity contribution in [3.05, 3.63) is 83.1 Å². The van der Waals surface area contributed by atoms with Crippen molar-refractivity contribution in [2.45, 2.75) is 32.0 Å². The Morgan fingerprint density at radius 3 is 2.26 bits per heavy atom. The second kappa shape index (κ2) is 11.2. The van der Waals surface area contributed by atoms with Gasteiger partial charge >= 0.3 is 18.0 Å². The molecule has 0 bridgehead atoms. The van der Waals surface area contributed by atoms with Crippen LogP contribution in [-0.2, 0) is 36.1 Å². The number of carbonyl (C=O) groups is 3. The lowest BCUT2D eigenvalue weighted by Gasteiger charge is -2.15. The van der Waals surface area contributed by atoms with Crippen molar-refractivity contribution in [1.82, 2.24) is 15.2 Å². The van der Waals surface area contributed by atoms with E-state index in [4.69, 9.17) is 15.3 Å². The Hall–Kier alpha value is -4.11.